The highest BCUT2D eigenvalue weighted by atomic mass is 16.2. The van der Waals surface area contributed by atoms with E-state index in [1.807, 2.05) is 6.07 Å². The van der Waals surface area contributed by atoms with E-state index in [9.17, 15) is 14.4 Å². The molecule has 7 heteroatoms. The molecule has 0 aliphatic heterocycles. The Morgan fingerprint density at radius 1 is 1.35 bits per heavy atom. The average Bonchev–Trinajstić information content (AvgIpc) is 2.51. The normalized spacial score (nSPS) is 20.3. The van der Waals surface area contributed by atoms with Crippen LogP contribution in [0.5, 0.6) is 0 Å². The molecule has 23 heavy (non-hydrogen) atoms. The molecule has 1 aliphatic carbocycles. The van der Waals surface area contributed by atoms with Gasteiger partial charge in [-0.05, 0) is 24.8 Å². The highest BCUT2D eigenvalue weighted by Crippen LogP contribution is 2.23. The lowest BCUT2D eigenvalue weighted by Crippen LogP contribution is -2.48. The van der Waals surface area contributed by atoms with Crippen molar-refractivity contribution in [2.45, 2.75) is 45.2 Å². The minimum Gasteiger partial charge on any atom is -0.335 e. The van der Waals surface area contributed by atoms with Gasteiger partial charge in [-0.3, -0.25) is 14.9 Å². The van der Waals surface area contributed by atoms with Crippen molar-refractivity contribution < 1.29 is 9.59 Å². The molecule has 2 rings (SSSR count). The van der Waals surface area contributed by atoms with Crippen LogP contribution in [0.2, 0.25) is 0 Å². The van der Waals surface area contributed by atoms with Crippen molar-refractivity contribution in [2.75, 3.05) is 0 Å². The Morgan fingerprint density at radius 3 is 2.78 bits per heavy atom. The van der Waals surface area contributed by atoms with Gasteiger partial charge >= 0.3 is 6.03 Å². The lowest BCUT2D eigenvalue weighted by atomic mass is 9.86. The summed E-state index contributed by atoms with van der Waals surface area (Å²) in [5, 5.41) is 13.9. The van der Waals surface area contributed by atoms with Crippen molar-refractivity contribution in [1.82, 2.24) is 15.2 Å². The topological polar surface area (TPSA) is 104 Å². The van der Waals surface area contributed by atoms with Crippen LogP contribution in [0.3, 0.4) is 0 Å². The Balaban J connectivity index is 1.90. The third-order valence-corrected chi connectivity index (χ3v) is 4.11. The van der Waals surface area contributed by atoms with Crippen LogP contribution < -0.4 is 16.2 Å². The van der Waals surface area contributed by atoms with E-state index in [1.54, 1.807) is 0 Å². The van der Waals surface area contributed by atoms with E-state index in [-0.39, 0.29) is 18.2 Å². The zero-order valence-electron chi connectivity index (χ0n) is 13.0. The van der Waals surface area contributed by atoms with E-state index in [0.29, 0.717) is 5.92 Å². The fraction of sp³-hybridized carbons (Fsp3) is 0.500. The summed E-state index contributed by atoms with van der Waals surface area (Å²) in [6, 6.07) is 4.02. The monoisotopic (exact) mass is 316 g/mol. The Morgan fingerprint density at radius 2 is 2.09 bits per heavy atom. The Hall–Kier alpha value is -2.62. The van der Waals surface area contributed by atoms with Crippen LogP contribution in [0.1, 0.15) is 38.2 Å². The summed E-state index contributed by atoms with van der Waals surface area (Å²) in [5.41, 5.74) is -0.127. The first-order valence-corrected chi connectivity index (χ1v) is 7.70. The van der Waals surface area contributed by atoms with E-state index in [2.05, 4.69) is 17.6 Å². The van der Waals surface area contributed by atoms with Crippen LogP contribution in [0.15, 0.2) is 23.1 Å². The zero-order valence-corrected chi connectivity index (χ0v) is 13.0. The van der Waals surface area contributed by atoms with Gasteiger partial charge in [-0.25, -0.2) is 4.79 Å². The molecule has 1 heterocycles. The molecule has 3 amide bonds. The Bertz CT molecular complexity index is 689. The number of amides is 3. The van der Waals surface area contributed by atoms with Crippen molar-refractivity contribution in [3.05, 3.63) is 34.2 Å². The van der Waals surface area contributed by atoms with Gasteiger partial charge in [0.25, 0.3) is 5.56 Å². The molecule has 0 bridgehead atoms. The van der Waals surface area contributed by atoms with Crippen molar-refractivity contribution in [2.24, 2.45) is 5.92 Å². The maximum atomic E-state index is 11.9. The van der Waals surface area contributed by atoms with Crippen molar-refractivity contribution in [3.63, 3.8) is 0 Å². The molecule has 0 radical (unpaired) electrons. The minimum atomic E-state index is -0.594. The molecule has 1 aromatic rings. The molecule has 2 atom stereocenters. The molecule has 1 saturated carbocycles. The third kappa shape index (κ3) is 4.68. The molecular weight excluding hydrogens is 296 g/mol. The van der Waals surface area contributed by atoms with Gasteiger partial charge in [0.2, 0.25) is 5.91 Å². The average molecular weight is 316 g/mol. The van der Waals surface area contributed by atoms with Gasteiger partial charge < -0.3 is 9.88 Å². The third-order valence-electron chi connectivity index (χ3n) is 4.11. The summed E-state index contributed by atoms with van der Waals surface area (Å²) in [6.45, 7) is 1.78. The van der Waals surface area contributed by atoms with Crippen molar-refractivity contribution in [3.8, 4) is 6.07 Å². The highest BCUT2D eigenvalue weighted by molar-refractivity contribution is 5.94. The molecule has 2 N–H and O–H groups in total. The molecular formula is C16H20N4O3. The summed E-state index contributed by atoms with van der Waals surface area (Å²) < 4.78 is 1.10. The number of pyridine rings is 1. The molecule has 1 aromatic heterocycles. The first kappa shape index (κ1) is 16.7. The first-order chi connectivity index (χ1) is 11.0. The van der Waals surface area contributed by atoms with Gasteiger partial charge in [-0.15, -0.1) is 0 Å². The molecule has 0 spiro atoms. The number of hydrogen-bond donors (Lipinski definition) is 2. The number of hydrogen-bond acceptors (Lipinski definition) is 4. The summed E-state index contributed by atoms with van der Waals surface area (Å²) in [6.07, 6.45) is 5.50. The fourth-order valence-electron chi connectivity index (χ4n) is 2.78. The lowest BCUT2D eigenvalue weighted by Gasteiger charge is -2.29. The summed E-state index contributed by atoms with van der Waals surface area (Å²) >= 11 is 0. The quantitative estimate of drug-likeness (QED) is 0.872. The molecule has 0 aromatic carbocycles. The number of imide groups is 1. The maximum absolute atomic E-state index is 11.9. The summed E-state index contributed by atoms with van der Waals surface area (Å²) in [4.78, 5) is 35.4. The Labute approximate surface area is 134 Å². The second kappa shape index (κ2) is 7.58. The molecule has 0 unspecified atom stereocenters. The van der Waals surface area contributed by atoms with Crippen molar-refractivity contribution in [1.29, 1.82) is 5.26 Å². The smallest absolute Gasteiger partial charge is 0.321 e. The number of urea groups is 1. The van der Waals surface area contributed by atoms with Gasteiger partial charge in [0.05, 0.1) is 5.56 Å². The van der Waals surface area contributed by atoms with Crippen LogP contribution in [-0.2, 0) is 11.3 Å². The van der Waals surface area contributed by atoms with Crippen LogP contribution in [0.4, 0.5) is 4.79 Å². The van der Waals surface area contributed by atoms with Crippen LogP contribution in [-0.4, -0.2) is 22.5 Å². The molecule has 1 fully saturated rings. The van der Waals surface area contributed by atoms with Crippen molar-refractivity contribution >= 4 is 11.9 Å². The fourth-order valence-corrected chi connectivity index (χ4v) is 2.78. The van der Waals surface area contributed by atoms with Crippen LogP contribution >= 0.6 is 0 Å². The van der Waals surface area contributed by atoms with Gasteiger partial charge in [-0.1, -0.05) is 19.8 Å². The van der Waals surface area contributed by atoms with Gasteiger partial charge in [-0.2, -0.15) is 5.26 Å². The number of nitriles is 1. The predicted molar refractivity (Wildman–Crippen MR) is 83.5 cm³/mol. The number of carbonyl (C=O) groups excluding carboxylic acids is 2. The van der Waals surface area contributed by atoms with E-state index in [0.717, 1.165) is 30.3 Å². The lowest BCUT2D eigenvalue weighted by molar-refractivity contribution is -0.120. The Kier molecular flexibility index (Phi) is 5.52. The number of aromatic nitrogens is 1. The number of nitrogens with one attached hydrogen (secondary N) is 2. The predicted octanol–water partition coefficient (Wildman–Crippen LogP) is 1.12. The highest BCUT2D eigenvalue weighted by Gasteiger charge is 2.23. The van der Waals surface area contributed by atoms with Crippen LogP contribution in [0.25, 0.3) is 0 Å². The van der Waals surface area contributed by atoms with E-state index in [1.165, 1.54) is 18.3 Å². The minimum absolute atomic E-state index is 0.0705. The van der Waals surface area contributed by atoms with E-state index in [4.69, 9.17) is 5.26 Å². The van der Waals surface area contributed by atoms with Gasteiger partial charge in [0.1, 0.15) is 12.6 Å². The SMILES string of the molecule is C[C@@H]1CCCC[C@@H]1NC(=O)NC(=O)Cn1cc(C#N)ccc1=O. The number of rotatable bonds is 3. The number of nitrogens with zero attached hydrogens (tertiary/aromatic N) is 2. The first-order valence-electron chi connectivity index (χ1n) is 7.70. The van der Waals surface area contributed by atoms with Crippen LogP contribution in [0, 0.1) is 17.2 Å². The standard InChI is InChI=1S/C16H20N4O3/c1-11-4-2-3-5-13(11)18-16(23)19-14(21)10-20-9-12(8-17)6-7-15(20)22/h6-7,9,11,13H,2-5,10H2,1H3,(H2,18,19,21,23)/t11-,13+/m1/s1. The summed E-state index contributed by atoms with van der Waals surface area (Å²) in [5.74, 6) is -0.206. The molecule has 7 nitrogen and oxygen atoms in total. The second-order valence-electron chi connectivity index (χ2n) is 5.89. The van der Waals surface area contributed by atoms with E-state index < -0.39 is 17.5 Å². The summed E-state index contributed by atoms with van der Waals surface area (Å²) in [7, 11) is 0. The largest absolute Gasteiger partial charge is 0.335 e. The van der Waals surface area contributed by atoms with E-state index >= 15 is 0 Å². The molecule has 122 valence electrons. The number of carbonyl (C=O) groups is 2. The maximum Gasteiger partial charge on any atom is 0.321 e. The molecule has 0 saturated heterocycles. The zero-order chi connectivity index (χ0) is 16.8. The second-order valence-corrected chi connectivity index (χ2v) is 5.89. The molecule has 1 aliphatic rings. The van der Waals surface area contributed by atoms with Gasteiger partial charge in [0.15, 0.2) is 0 Å². The van der Waals surface area contributed by atoms with Gasteiger partial charge in [0, 0.05) is 18.3 Å².